The average Bonchev–Trinajstić information content (AvgIpc) is 2.14. The second-order valence-electron chi connectivity index (χ2n) is 5.51. The molecule has 0 rings (SSSR count). The lowest BCUT2D eigenvalue weighted by Crippen LogP contribution is -2.44. The van der Waals surface area contributed by atoms with Gasteiger partial charge in [-0.25, -0.2) is 4.79 Å². The van der Waals surface area contributed by atoms with E-state index in [1.807, 2.05) is 0 Å². The number of rotatable bonds is 7. The predicted octanol–water partition coefficient (Wildman–Crippen LogP) is 2.08. The van der Waals surface area contributed by atoms with E-state index in [4.69, 9.17) is 5.11 Å². The van der Waals surface area contributed by atoms with Crippen LogP contribution in [0.2, 0.25) is 0 Å². The molecule has 3 N–H and O–H groups in total. The third-order valence-corrected chi connectivity index (χ3v) is 3.07. The average molecular weight is 258 g/mol. The van der Waals surface area contributed by atoms with Gasteiger partial charge < -0.3 is 15.7 Å². The fourth-order valence-corrected chi connectivity index (χ4v) is 2.04. The molecule has 1 atom stereocenters. The third kappa shape index (κ3) is 7.14. The molecule has 0 spiro atoms. The van der Waals surface area contributed by atoms with Gasteiger partial charge in [-0.05, 0) is 24.7 Å². The van der Waals surface area contributed by atoms with Gasteiger partial charge in [0.25, 0.3) is 0 Å². The van der Waals surface area contributed by atoms with Crippen LogP contribution in [0.5, 0.6) is 0 Å². The summed E-state index contributed by atoms with van der Waals surface area (Å²) in [7, 11) is 0. The van der Waals surface area contributed by atoms with E-state index >= 15 is 0 Å². The molecule has 0 saturated carbocycles. The number of nitrogens with one attached hydrogen (secondary N) is 2. The fraction of sp³-hybridized carbons (Fsp3) is 0.846. The van der Waals surface area contributed by atoms with Crippen LogP contribution in [0, 0.1) is 17.8 Å². The Labute approximate surface area is 109 Å². The van der Waals surface area contributed by atoms with Gasteiger partial charge in [0, 0.05) is 12.6 Å². The number of hydrogen-bond acceptors (Lipinski definition) is 2. The van der Waals surface area contributed by atoms with Crippen LogP contribution >= 0.6 is 0 Å². The topological polar surface area (TPSA) is 78.4 Å². The van der Waals surface area contributed by atoms with E-state index in [0.717, 1.165) is 0 Å². The van der Waals surface area contributed by atoms with Crippen molar-refractivity contribution in [3.8, 4) is 0 Å². The van der Waals surface area contributed by atoms with E-state index in [-0.39, 0.29) is 18.5 Å². The molecule has 5 nitrogen and oxygen atoms in total. The zero-order chi connectivity index (χ0) is 14.3. The number of aliphatic carboxylic acids is 1. The number of carbonyl (C=O) groups excluding carboxylic acids is 1. The van der Waals surface area contributed by atoms with Crippen molar-refractivity contribution in [1.29, 1.82) is 0 Å². The number of carbonyl (C=O) groups is 2. The lowest BCUT2D eigenvalue weighted by atomic mass is 9.85. The van der Waals surface area contributed by atoms with Gasteiger partial charge >= 0.3 is 12.0 Å². The van der Waals surface area contributed by atoms with Crippen LogP contribution in [-0.4, -0.2) is 29.7 Å². The molecule has 0 aliphatic heterocycles. The molecule has 18 heavy (non-hydrogen) atoms. The molecule has 0 saturated heterocycles. The van der Waals surface area contributed by atoms with Crippen LogP contribution in [0.1, 0.15) is 41.0 Å². The first-order valence-corrected chi connectivity index (χ1v) is 6.50. The number of carboxylic acid groups (broad SMARTS) is 1. The molecule has 0 aromatic heterocycles. The molecule has 0 bridgehead atoms. The SMILES string of the molecule is CC(CC(=O)O)NC(=O)NCC(C(C)C)C(C)C. The lowest BCUT2D eigenvalue weighted by Gasteiger charge is -2.25. The maximum absolute atomic E-state index is 11.6. The maximum Gasteiger partial charge on any atom is 0.315 e. The highest BCUT2D eigenvalue weighted by atomic mass is 16.4. The zero-order valence-corrected chi connectivity index (χ0v) is 12.0. The number of hydrogen-bond donors (Lipinski definition) is 3. The van der Waals surface area contributed by atoms with Gasteiger partial charge in [-0.1, -0.05) is 27.7 Å². The van der Waals surface area contributed by atoms with Gasteiger partial charge in [0.2, 0.25) is 0 Å². The maximum atomic E-state index is 11.6. The van der Waals surface area contributed by atoms with Crippen molar-refractivity contribution in [2.45, 2.75) is 47.1 Å². The Hall–Kier alpha value is -1.26. The molecular formula is C13H26N2O3. The molecule has 0 fully saturated rings. The summed E-state index contributed by atoms with van der Waals surface area (Å²) in [6.07, 6.45) is -0.0643. The van der Waals surface area contributed by atoms with Crippen molar-refractivity contribution in [2.75, 3.05) is 6.54 Å². The summed E-state index contributed by atoms with van der Waals surface area (Å²) in [6.45, 7) is 10.8. The highest BCUT2D eigenvalue weighted by molar-refractivity contribution is 5.75. The lowest BCUT2D eigenvalue weighted by molar-refractivity contribution is -0.137. The fourth-order valence-electron chi connectivity index (χ4n) is 2.04. The minimum Gasteiger partial charge on any atom is -0.481 e. The zero-order valence-electron chi connectivity index (χ0n) is 12.0. The Bertz CT molecular complexity index is 269. The summed E-state index contributed by atoms with van der Waals surface area (Å²) in [5, 5.41) is 14.0. The standard InChI is InChI=1S/C13H26N2O3/c1-8(2)11(9(3)4)7-14-13(18)15-10(5)6-12(16)17/h8-11H,6-7H2,1-5H3,(H,16,17)(H2,14,15,18). The molecule has 0 heterocycles. The first-order chi connectivity index (χ1) is 8.23. The Kier molecular flexibility index (Phi) is 7.39. The number of carboxylic acids is 1. The molecule has 0 aromatic rings. The molecule has 5 heteroatoms. The second kappa shape index (κ2) is 7.95. The van der Waals surface area contributed by atoms with Crippen LogP contribution in [0.25, 0.3) is 0 Å². The van der Waals surface area contributed by atoms with Crippen LogP contribution in [0.4, 0.5) is 4.79 Å². The summed E-state index contributed by atoms with van der Waals surface area (Å²) in [5.74, 6) is 0.513. The largest absolute Gasteiger partial charge is 0.481 e. The summed E-state index contributed by atoms with van der Waals surface area (Å²) >= 11 is 0. The van der Waals surface area contributed by atoms with Crippen molar-refractivity contribution in [3.63, 3.8) is 0 Å². The number of urea groups is 1. The minimum atomic E-state index is -0.912. The molecular weight excluding hydrogens is 232 g/mol. The second-order valence-corrected chi connectivity index (χ2v) is 5.51. The molecule has 106 valence electrons. The molecule has 0 aliphatic carbocycles. The van der Waals surface area contributed by atoms with Crippen LogP contribution < -0.4 is 10.6 Å². The summed E-state index contributed by atoms with van der Waals surface area (Å²) in [6, 6.07) is -0.658. The molecule has 1 unspecified atom stereocenters. The van der Waals surface area contributed by atoms with Gasteiger partial charge in [0.05, 0.1) is 6.42 Å². The van der Waals surface area contributed by atoms with E-state index in [1.165, 1.54) is 0 Å². The predicted molar refractivity (Wildman–Crippen MR) is 71.4 cm³/mol. The smallest absolute Gasteiger partial charge is 0.315 e. The van der Waals surface area contributed by atoms with Crippen LogP contribution in [0.15, 0.2) is 0 Å². The van der Waals surface area contributed by atoms with Crippen molar-refractivity contribution in [1.82, 2.24) is 10.6 Å². The third-order valence-electron chi connectivity index (χ3n) is 3.07. The van der Waals surface area contributed by atoms with Crippen molar-refractivity contribution >= 4 is 12.0 Å². The Morgan fingerprint density at radius 2 is 1.56 bits per heavy atom. The highest BCUT2D eigenvalue weighted by Gasteiger charge is 2.18. The van der Waals surface area contributed by atoms with Crippen molar-refractivity contribution in [2.24, 2.45) is 17.8 Å². The van der Waals surface area contributed by atoms with E-state index in [9.17, 15) is 9.59 Å². The van der Waals surface area contributed by atoms with E-state index in [1.54, 1.807) is 6.92 Å². The van der Waals surface area contributed by atoms with E-state index in [2.05, 4.69) is 38.3 Å². The molecule has 2 amide bonds. The van der Waals surface area contributed by atoms with E-state index in [0.29, 0.717) is 24.3 Å². The van der Waals surface area contributed by atoms with Gasteiger partial charge in [-0.2, -0.15) is 0 Å². The summed E-state index contributed by atoms with van der Waals surface area (Å²) in [4.78, 5) is 22.0. The van der Waals surface area contributed by atoms with Gasteiger partial charge in [0.1, 0.15) is 0 Å². The quantitative estimate of drug-likeness (QED) is 0.654. The first kappa shape index (κ1) is 16.7. The summed E-state index contributed by atoms with van der Waals surface area (Å²) < 4.78 is 0. The first-order valence-electron chi connectivity index (χ1n) is 6.50. The van der Waals surface area contributed by atoms with Crippen molar-refractivity contribution < 1.29 is 14.7 Å². The van der Waals surface area contributed by atoms with Crippen LogP contribution in [0.3, 0.4) is 0 Å². The molecule has 0 aliphatic rings. The normalized spacial score (nSPS) is 12.9. The molecule has 0 radical (unpaired) electrons. The van der Waals surface area contributed by atoms with E-state index < -0.39 is 5.97 Å². The Morgan fingerprint density at radius 3 is 1.94 bits per heavy atom. The van der Waals surface area contributed by atoms with Gasteiger partial charge in [-0.15, -0.1) is 0 Å². The molecule has 0 aromatic carbocycles. The monoisotopic (exact) mass is 258 g/mol. The highest BCUT2D eigenvalue weighted by Crippen LogP contribution is 2.19. The Morgan fingerprint density at radius 1 is 1.06 bits per heavy atom. The van der Waals surface area contributed by atoms with Gasteiger partial charge in [0.15, 0.2) is 0 Å². The van der Waals surface area contributed by atoms with Crippen molar-refractivity contribution in [3.05, 3.63) is 0 Å². The minimum absolute atomic E-state index is 0.0643. The Balaban J connectivity index is 4.05. The summed E-state index contributed by atoms with van der Waals surface area (Å²) in [5.41, 5.74) is 0. The van der Waals surface area contributed by atoms with Gasteiger partial charge in [-0.3, -0.25) is 4.79 Å². The van der Waals surface area contributed by atoms with Crippen LogP contribution in [-0.2, 0) is 4.79 Å². The number of amides is 2.